The van der Waals surface area contributed by atoms with Gasteiger partial charge < -0.3 is 9.84 Å². The van der Waals surface area contributed by atoms with Crippen molar-refractivity contribution in [2.45, 2.75) is 22.5 Å². The lowest BCUT2D eigenvalue weighted by molar-refractivity contribution is 0.102. The van der Waals surface area contributed by atoms with E-state index < -0.39 is 10.0 Å². The summed E-state index contributed by atoms with van der Waals surface area (Å²) in [4.78, 5) is 21.4. The lowest BCUT2D eigenvalue weighted by atomic mass is 10.2. The van der Waals surface area contributed by atoms with Crippen molar-refractivity contribution in [3.8, 4) is 0 Å². The summed E-state index contributed by atoms with van der Waals surface area (Å²) >= 11 is 1.48. The van der Waals surface area contributed by atoms with Crippen molar-refractivity contribution >= 4 is 39.3 Å². The number of carbonyl (C=O) groups is 1. The molecule has 0 fully saturated rings. The van der Waals surface area contributed by atoms with Gasteiger partial charge in [-0.05, 0) is 49.4 Å². The number of sulfonamides is 1. The van der Waals surface area contributed by atoms with Gasteiger partial charge >= 0.3 is 0 Å². The quantitative estimate of drug-likeness (QED) is 0.360. The number of rotatable bonds is 8. The molecule has 0 saturated heterocycles. The zero-order valence-electron chi connectivity index (χ0n) is 17.4. The molecule has 9 nitrogen and oxygen atoms in total. The lowest BCUT2D eigenvalue weighted by Gasteiger charge is -2.10. The van der Waals surface area contributed by atoms with E-state index in [4.69, 9.17) is 4.52 Å². The van der Waals surface area contributed by atoms with Crippen molar-refractivity contribution in [3.63, 3.8) is 0 Å². The van der Waals surface area contributed by atoms with Gasteiger partial charge in [0.1, 0.15) is 5.76 Å². The molecule has 0 radical (unpaired) electrons. The molecule has 33 heavy (non-hydrogen) atoms. The zero-order valence-corrected chi connectivity index (χ0v) is 19.1. The third kappa shape index (κ3) is 5.76. The second kappa shape index (κ2) is 9.84. The number of nitrogens with one attached hydrogen (secondary N) is 2. The molecule has 2 heterocycles. The Morgan fingerprint density at radius 3 is 2.45 bits per heavy atom. The Balaban J connectivity index is 1.44. The average molecular weight is 482 g/mol. The van der Waals surface area contributed by atoms with E-state index >= 15 is 0 Å². The summed E-state index contributed by atoms with van der Waals surface area (Å²) in [5, 5.41) is 6.77. The summed E-state index contributed by atoms with van der Waals surface area (Å²) in [6.45, 7) is 1.82. The van der Waals surface area contributed by atoms with Gasteiger partial charge in [-0.1, -0.05) is 17.3 Å². The number of hydrogen-bond acceptors (Lipinski definition) is 8. The highest BCUT2D eigenvalue weighted by Gasteiger charge is 2.17. The van der Waals surface area contributed by atoms with Crippen LogP contribution in [-0.2, 0) is 15.8 Å². The summed E-state index contributed by atoms with van der Waals surface area (Å²) in [5.74, 6) is 0.964. The highest BCUT2D eigenvalue weighted by atomic mass is 32.2. The number of aromatic nitrogens is 3. The molecule has 0 spiro atoms. The van der Waals surface area contributed by atoms with E-state index in [2.05, 4.69) is 25.2 Å². The fourth-order valence-corrected chi connectivity index (χ4v) is 4.75. The molecule has 0 unspecified atom stereocenters. The fraction of sp³-hybridized carbons (Fsp3) is 0.0909. The van der Waals surface area contributed by atoms with Gasteiger partial charge in [0.05, 0.1) is 16.2 Å². The summed E-state index contributed by atoms with van der Waals surface area (Å²) in [5.41, 5.74) is 1.75. The Hall–Kier alpha value is -3.70. The molecule has 4 aromatic rings. The summed E-state index contributed by atoms with van der Waals surface area (Å²) in [6, 6.07) is 16.5. The first kappa shape index (κ1) is 22.5. The van der Waals surface area contributed by atoms with Crippen LogP contribution in [0.2, 0.25) is 0 Å². The van der Waals surface area contributed by atoms with Gasteiger partial charge in [-0.25, -0.2) is 23.1 Å². The van der Waals surface area contributed by atoms with Gasteiger partial charge in [-0.15, -0.1) is 11.8 Å². The van der Waals surface area contributed by atoms with Crippen LogP contribution in [0.25, 0.3) is 0 Å². The zero-order chi connectivity index (χ0) is 23.3. The highest BCUT2D eigenvalue weighted by molar-refractivity contribution is 7.98. The van der Waals surface area contributed by atoms with Crippen molar-refractivity contribution in [2.75, 3.05) is 10.0 Å². The highest BCUT2D eigenvalue weighted by Crippen LogP contribution is 2.27. The Kier molecular flexibility index (Phi) is 6.71. The van der Waals surface area contributed by atoms with Crippen LogP contribution in [0.4, 0.5) is 11.6 Å². The van der Waals surface area contributed by atoms with E-state index in [9.17, 15) is 13.2 Å². The Labute approximate surface area is 194 Å². The standard InChI is InChI=1S/C22H19N5O4S2/c1-15-13-17(26-31-15)14-32-20-6-3-2-5-19(20)21(28)25-16-7-9-18(10-8-16)33(29,30)27-22-23-11-4-12-24-22/h2-13H,14H2,1H3,(H,25,28)(H,23,24,27). The fourth-order valence-electron chi connectivity index (χ4n) is 2.86. The molecule has 11 heteroatoms. The number of hydrogen-bond donors (Lipinski definition) is 2. The van der Waals surface area contributed by atoms with Gasteiger partial charge in [0.25, 0.3) is 15.9 Å². The molecule has 2 aromatic heterocycles. The molecule has 0 aliphatic rings. The first-order valence-electron chi connectivity index (χ1n) is 9.76. The molecule has 0 aliphatic heterocycles. The molecule has 1 amide bonds. The van der Waals surface area contributed by atoms with Crippen molar-refractivity contribution in [1.29, 1.82) is 0 Å². The number of anilines is 2. The molecule has 0 bridgehead atoms. The van der Waals surface area contributed by atoms with Crippen molar-refractivity contribution in [1.82, 2.24) is 15.1 Å². The monoisotopic (exact) mass is 481 g/mol. The van der Waals surface area contributed by atoms with E-state index in [1.165, 1.54) is 48.4 Å². The van der Waals surface area contributed by atoms with Crippen LogP contribution < -0.4 is 10.0 Å². The minimum Gasteiger partial charge on any atom is -0.361 e. The van der Waals surface area contributed by atoms with Crippen molar-refractivity contribution in [2.24, 2.45) is 0 Å². The van der Waals surface area contributed by atoms with Crippen molar-refractivity contribution in [3.05, 3.63) is 90.1 Å². The third-order valence-corrected chi connectivity index (χ3v) is 6.85. The van der Waals surface area contributed by atoms with Crippen LogP contribution in [-0.4, -0.2) is 29.4 Å². The van der Waals surface area contributed by atoms with Crippen LogP contribution in [0, 0.1) is 6.92 Å². The Morgan fingerprint density at radius 2 is 1.76 bits per heavy atom. The maximum absolute atomic E-state index is 12.9. The number of nitrogens with zero attached hydrogens (tertiary/aromatic N) is 3. The van der Waals surface area contributed by atoms with Crippen LogP contribution in [0.3, 0.4) is 0 Å². The second-order valence-corrected chi connectivity index (χ2v) is 9.57. The second-order valence-electron chi connectivity index (χ2n) is 6.87. The number of benzene rings is 2. The number of thioether (sulfide) groups is 1. The van der Waals surface area contributed by atoms with Crippen LogP contribution in [0.15, 0.2) is 87.4 Å². The lowest BCUT2D eigenvalue weighted by Crippen LogP contribution is -2.15. The number of aryl methyl sites for hydroxylation is 1. The van der Waals surface area contributed by atoms with Crippen molar-refractivity contribution < 1.29 is 17.7 Å². The van der Waals surface area contributed by atoms with E-state index in [1.54, 1.807) is 18.2 Å². The maximum Gasteiger partial charge on any atom is 0.264 e. The molecule has 2 N–H and O–H groups in total. The van der Waals surface area contributed by atoms with Gasteiger partial charge in [-0.3, -0.25) is 4.79 Å². The minimum absolute atomic E-state index is 0.0202. The molecule has 168 valence electrons. The summed E-state index contributed by atoms with van der Waals surface area (Å²) in [6.07, 6.45) is 2.87. The molecule has 0 aliphatic carbocycles. The normalized spacial score (nSPS) is 11.2. The SMILES string of the molecule is Cc1cc(CSc2ccccc2C(=O)Nc2ccc(S(=O)(=O)Nc3ncccn3)cc2)no1. The molecule has 2 aromatic carbocycles. The molecular formula is C22H19N5O4S2. The average Bonchev–Trinajstić information content (AvgIpc) is 3.23. The summed E-state index contributed by atoms with van der Waals surface area (Å²) < 4.78 is 32.4. The number of carbonyl (C=O) groups excluding carboxylic acids is 1. The Bertz CT molecular complexity index is 1360. The van der Waals surface area contributed by atoms with Gasteiger partial charge in [-0.2, -0.15) is 0 Å². The predicted molar refractivity (Wildman–Crippen MR) is 124 cm³/mol. The third-order valence-electron chi connectivity index (χ3n) is 4.40. The van der Waals surface area contributed by atoms with E-state index in [0.29, 0.717) is 17.0 Å². The van der Waals surface area contributed by atoms with E-state index in [0.717, 1.165) is 16.3 Å². The van der Waals surface area contributed by atoms with Crippen LogP contribution >= 0.6 is 11.8 Å². The minimum atomic E-state index is -3.85. The van der Waals surface area contributed by atoms with Gasteiger partial charge in [0.2, 0.25) is 5.95 Å². The summed E-state index contributed by atoms with van der Waals surface area (Å²) in [7, 11) is -3.85. The first-order chi connectivity index (χ1) is 15.9. The van der Waals surface area contributed by atoms with E-state index in [-0.39, 0.29) is 16.8 Å². The largest absolute Gasteiger partial charge is 0.361 e. The predicted octanol–water partition coefficient (Wildman–Crippen LogP) is 4.12. The smallest absolute Gasteiger partial charge is 0.264 e. The molecule has 0 atom stereocenters. The van der Waals surface area contributed by atoms with Crippen LogP contribution in [0.5, 0.6) is 0 Å². The van der Waals surface area contributed by atoms with Crippen LogP contribution in [0.1, 0.15) is 21.8 Å². The topological polar surface area (TPSA) is 127 Å². The van der Waals surface area contributed by atoms with E-state index in [1.807, 2.05) is 25.1 Å². The Morgan fingerprint density at radius 1 is 1.03 bits per heavy atom. The molecule has 0 saturated carbocycles. The van der Waals surface area contributed by atoms with Gasteiger partial charge in [0, 0.05) is 34.8 Å². The number of amides is 1. The maximum atomic E-state index is 12.9. The molecule has 4 rings (SSSR count). The first-order valence-corrected chi connectivity index (χ1v) is 12.2. The van der Waals surface area contributed by atoms with Gasteiger partial charge in [0.15, 0.2) is 0 Å². The molecular weight excluding hydrogens is 462 g/mol.